The predicted molar refractivity (Wildman–Crippen MR) is 51.6 cm³/mol. The van der Waals surface area contributed by atoms with Gasteiger partial charge in [-0.3, -0.25) is 0 Å². The van der Waals surface area contributed by atoms with Gasteiger partial charge in [0.1, 0.15) is 0 Å². The highest BCUT2D eigenvalue weighted by Crippen LogP contribution is 2.37. The van der Waals surface area contributed by atoms with Crippen molar-refractivity contribution in [2.45, 2.75) is 19.5 Å². The van der Waals surface area contributed by atoms with Crippen LogP contribution in [0.4, 0.5) is 22.0 Å². The van der Waals surface area contributed by atoms with Crippen molar-refractivity contribution in [1.82, 2.24) is 4.98 Å². The minimum atomic E-state index is -4.85. The molecule has 0 unspecified atom stereocenters. The molecule has 0 aliphatic carbocycles. The largest absolute Gasteiger partial charge is 0.433 e. The van der Waals surface area contributed by atoms with Gasteiger partial charge in [0.05, 0.1) is 5.56 Å². The summed E-state index contributed by atoms with van der Waals surface area (Å²) in [5.74, 6) is 0. The minimum Gasteiger partial charge on any atom is -0.248 e. The van der Waals surface area contributed by atoms with Crippen molar-refractivity contribution in [3.8, 4) is 0 Å². The summed E-state index contributed by atoms with van der Waals surface area (Å²) in [6, 6.07) is 1.19. The lowest BCUT2D eigenvalue weighted by molar-refractivity contribution is -0.143. The third-order valence-electron chi connectivity index (χ3n) is 1.62. The van der Waals surface area contributed by atoms with Crippen LogP contribution in [0.1, 0.15) is 23.4 Å². The van der Waals surface area contributed by atoms with Gasteiger partial charge in [-0.15, -0.1) is 0 Å². The Morgan fingerprint density at radius 2 is 1.87 bits per heavy atom. The van der Waals surface area contributed by atoms with E-state index in [1.54, 1.807) is 0 Å². The van der Waals surface area contributed by atoms with Gasteiger partial charge in [0.25, 0.3) is 6.43 Å². The fourth-order valence-electron chi connectivity index (χ4n) is 1.07. The monoisotopic (exact) mass is 337 g/mol. The molecule has 1 aromatic rings. The molecule has 0 saturated carbocycles. The van der Waals surface area contributed by atoms with Gasteiger partial charge in [-0.05, 0) is 35.6 Å². The lowest BCUT2D eigenvalue weighted by Gasteiger charge is -2.13. The number of aryl methyl sites for hydroxylation is 1. The van der Waals surface area contributed by atoms with Crippen molar-refractivity contribution in [2.75, 3.05) is 0 Å². The molecule has 0 spiro atoms. The molecule has 0 radical (unpaired) electrons. The number of rotatable bonds is 1. The molecule has 0 bridgehead atoms. The highest BCUT2D eigenvalue weighted by Gasteiger charge is 2.39. The Balaban J connectivity index is 3.47. The lowest BCUT2D eigenvalue weighted by atomic mass is 10.1. The van der Waals surface area contributed by atoms with Gasteiger partial charge in [-0.1, -0.05) is 0 Å². The maximum Gasteiger partial charge on any atom is 0.433 e. The summed E-state index contributed by atoms with van der Waals surface area (Å²) in [6.07, 6.45) is -8.03. The SMILES string of the molecule is Cc1cc(I)c(C(F)F)c(C(F)(F)F)n1. The third kappa shape index (κ3) is 2.76. The predicted octanol–water partition coefficient (Wildman–Crippen LogP) is 3.95. The van der Waals surface area contributed by atoms with Crippen molar-refractivity contribution >= 4 is 22.6 Å². The van der Waals surface area contributed by atoms with Crippen molar-refractivity contribution in [3.05, 3.63) is 26.6 Å². The molecule has 15 heavy (non-hydrogen) atoms. The third-order valence-corrected chi connectivity index (χ3v) is 2.52. The van der Waals surface area contributed by atoms with Crippen molar-refractivity contribution in [3.63, 3.8) is 0 Å². The molecule has 1 rings (SSSR count). The van der Waals surface area contributed by atoms with Crippen LogP contribution in [-0.2, 0) is 6.18 Å². The first-order valence-electron chi connectivity index (χ1n) is 3.76. The molecule has 0 atom stereocenters. The molecule has 84 valence electrons. The summed E-state index contributed by atoms with van der Waals surface area (Å²) in [4.78, 5) is 3.12. The second kappa shape index (κ2) is 4.18. The van der Waals surface area contributed by atoms with E-state index in [-0.39, 0.29) is 9.26 Å². The van der Waals surface area contributed by atoms with Gasteiger partial charge in [-0.25, -0.2) is 13.8 Å². The van der Waals surface area contributed by atoms with Gasteiger partial charge in [0.2, 0.25) is 0 Å². The van der Waals surface area contributed by atoms with E-state index in [4.69, 9.17) is 0 Å². The molecule has 0 N–H and O–H groups in total. The summed E-state index contributed by atoms with van der Waals surface area (Å²) in [5, 5.41) is 0. The van der Waals surface area contributed by atoms with Crippen molar-refractivity contribution in [1.29, 1.82) is 0 Å². The van der Waals surface area contributed by atoms with Crippen LogP contribution in [-0.4, -0.2) is 4.98 Å². The molecule has 0 fully saturated rings. The summed E-state index contributed by atoms with van der Waals surface area (Å²) < 4.78 is 61.8. The van der Waals surface area contributed by atoms with E-state index in [2.05, 4.69) is 4.98 Å². The summed E-state index contributed by atoms with van der Waals surface area (Å²) in [5.41, 5.74) is -2.48. The Hall–Kier alpha value is -0.470. The van der Waals surface area contributed by atoms with Crippen LogP contribution >= 0.6 is 22.6 Å². The van der Waals surface area contributed by atoms with Gasteiger partial charge < -0.3 is 0 Å². The van der Waals surface area contributed by atoms with E-state index >= 15 is 0 Å². The maximum absolute atomic E-state index is 12.4. The Labute approximate surface area is 95.8 Å². The van der Waals surface area contributed by atoms with E-state index in [0.29, 0.717) is 0 Å². The summed E-state index contributed by atoms with van der Waals surface area (Å²) in [6.45, 7) is 1.33. The van der Waals surface area contributed by atoms with Crippen LogP contribution in [0.3, 0.4) is 0 Å². The molecule has 0 aromatic carbocycles. The second-order valence-corrected chi connectivity index (χ2v) is 3.97. The molecule has 0 amide bonds. The molecular formula is C8H5F5IN. The van der Waals surface area contributed by atoms with Gasteiger partial charge in [-0.2, -0.15) is 13.2 Å². The molecule has 1 aromatic heterocycles. The number of nitrogens with zero attached hydrogens (tertiary/aromatic N) is 1. The van der Waals surface area contributed by atoms with Crippen LogP contribution in [0, 0.1) is 10.5 Å². The maximum atomic E-state index is 12.4. The Morgan fingerprint density at radius 1 is 1.33 bits per heavy atom. The number of aromatic nitrogens is 1. The van der Waals surface area contributed by atoms with Crippen molar-refractivity contribution < 1.29 is 22.0 Å². The number of alkyl halides is 5. The first-order chi connectivity index (χ1) is 6.73. The number of hydrogen-bond acceptors (Lipinski definition) is 1. The smallest absolute Gasteiger partial charge is 0.248 e. The molecule has 1 nitrogen and oxygen atoms in total. The molecule has 0 saturated heterocycles. The minimum absolute atomic E-state index is 0.0659. The van der Waals surface area contributed by atoms with Gasteiger partial charge in [0.15, 0.2) is 5.69 Å². The number of halogens is 6. The average molecular weight is 337 g/mol. The normalized spacial score (nSPS) is 12.3. The molecule has 0 aliphatic rings. The quantitative estimate of drug-likeness (QED) is 0.559. The van der Waals surface area contributed by atoms with Crippen LogP contribution in [0.25, 0.3) is 0 Å². The first-order valence-corrected chi connectivity index (χ1v) is 4.83. The Bertz CT molecular complexity index is 374. The van der Waals surface area contributed by atoms with E-state index in [9.17, 15) is 22.0 Å². The van der Waals surface area contributed by atoms with Crippen LogP contribution in [0.15, 0.2) is 6.07 Å². The van der Waals surface area contributed by atoms with Gasteiger partial charge in [0, 0.05) is 9.26 Å². The van der Waals surface area contributed by atoms with Crippen LogP contribution in [0.5, 0.6) is 0 Å². The molecule has 1 heterocycles. The second-order valence-electron chi connectivity index (χ2n) is 2.81. The summed E-state index contributed by atoms with van der Waals surface area (Å²) >= 11 is 1.45. The van der Waals surface area contributed by atoms with E-state index in [1.807, 2.05) is 0 Å². The molecule has 7 heteroatoms. The molecular weight excluding hydrogens is 332 g/mol. The fraction of sp³-hybridized carbons (Fsp3) is 0.375. The Morgan fingerprint density at radius 3 is 2.27 bits per heavy atom. The topological polar surface area (TPSA) is 12.9 Å². The average Bonchev–Trinajstić information content (AvgIpc) is 1.99. The number of hydrogen-bond donors (Lipinski definition) is 0. The standard InChI is InChI=1S/C8H5F5IN/c1-3-2-4(14)5(7(9)10)6(15-3)8(11,12)13/h2,7H,1H3. The zero-order valence-corrected chi connectivity index (χ0v) is 9.53. The lowest BCUT2D eigenvalue weighted by Crippen LogP contribution is -2.14. The first kappa shape index (κ1) is 12.6. The Kier molecular flexibility index (Phi) is 3.51. The van der Waals surface area contributed by atoms with Crippen molar-refractivity contribution in [2.24, 2.45) is 0 Å². The fourth-order valence-corrected chi connectivity index (χ4v) is 2.01. The highest BCUT2D eigenvalue weighted by atomic mass is 127. The van der Waals surface area contributed by atoms with Gasteiger partial charge >= 0.3 is 6.18 Å². The van der Waals surface area contributed by atoms with Crippen LogP contribution in [0.2, 0.25) is 0 Å². The van der Waals surface area contributed by atoms with E-state index in [0.717, 1.165) is 0 Å². The molecule has 0 aliphatic heterocycles. The number of pyridine rings is 1. The zero-order valence-electron chi connectivity index (χ0n) is 7.37. The van der Waals surface area contributed by atoms with Crippen LogP contribution < -0.4 is 0 Å². The van der Waals surface area contributed by atoms with E-state index < -0.39 is 23.9 Å². The zero-order chi connectivity index (χ0) is 11.8. The summed E-state index contributed by atoms with van der Waals surface area (Å²) in [7, 11) is 0. The van der Waals surface area contributed by atoms with E-state index in [1.165, 1.54) is 35.6 Å². The highest BCUT2D eigenvalue weighted by molar-refractivity contribution is 14.1.